The van der Waals surface area contributed by atoms with Gasteiger partial charge in [-0.05, 0) is 23.8 Å². The summed E-state index contributed by atoms with van der Waals surface area (Å²) in [5, 5.41) is 11.8. The first-order chi connectivity index (χ1) is 14.0. The summed E-state index contributed by atoms with van der Waals surface area (Å²) < 4.78 is 5.19. The number of hydrogen-bond donors (Lipinski definition) is 1. The number of aromatic amines is 1. The lowest BCUT2D eigenvalue weighted by Gasteiger charge is -2.35. The monoisotopic (exact) mass is 395 g/mol. The van der Waals surface area contributed by atoms with E-state index in [1.54, 1.807) is 13.2 Å². The highest BCUT2D eigenvalue weighted by Gasteiger charge is 2.25. The quantitative estimate of drug-likeness (QED) is 0.521. The van der Waals surface area contributed by atoms with Crippen LogP contribution < -0.4 is 15.2 Å². The summed E-state index contributed by atoms with van der Waals surface area (Å²) >= 11 is 0. The van der Waals surface area contributed by atoms with Crippen molar-refractivity contribution in [3.63, 3.8) is 0 Å². The molecule has 9 nitrogen and oxygen atoms in total. The van der Waals surface area contributed by atoms with Gasteiger partial charge < -0.3 is 14.6 Å². The molecule has 0 unspecified atom stereocenters. The maximum absolute atomic E-state index is 12.0. The second-order valence-corrected chi connectivity index (χ2v) is 6.96. The fourth-order valence-corrected chi connectivity index (χ4v) is 3.63. The largest absolute Gasteiger partial charge is 0.497 e. The molecule has 0 aliphatic carbocycles. The number of hydrogen-bond acceptors (Lipinski definition) is 7. The zero-order valence-electron chi connectivity index (χ0n) is 16.0. The van der Waals surface area contributed by atoms with E-state index in [4.69, 9.17) is 4.74 Å². The molecular formula is C20H21N5O4. The van der Waals surface area contributed by atoms with Crippen LogP contribution in [0.15, 0.2) is 47.5 Å². The summed E-state index contributed by atoms with van der Waals surface area (Å²) in [5.74, 6) is 0.828. The fraction of sp³-hybridized carbons (Fsp3) is 0.300. The van der Waals surface area contributed by atoms with Gasteiger partial charge in [0.2, 0.25) is 0 Å². The number of nitrogens with one attached hydrogen (secondary N) is 1. The number of ether oxygens (including phenoxy) is 1. The van der Waals surface area contributed by atoms with Gasteiger partial charge in [0.25, 0.3) is 11.2 Å². The summed E-state index contributed by atoms with van der Waals surface area (Å²) in [6, 6.07) is 10.9. The third-order valence-corrected chi connectivity index (χ3v) is 5.21. The lowest BCUT2D eigenvalue weighted by atomic mass is 10.1. The number of anilines is 1. The van der Waals surface area contributed by atoms with Crippen molar-refractivity contribution >= 4 is 22.3 Å². The molecule has 1 saturated heterocycles. The minimum absolute atomic E-state index is 0.0698. The molecule has 1 aliphatic rings. The van der Waals surface area contributed by atoms with E-state index in [2.05, 4.69) is 14.9 Å². The number of methoxy groups -OCH3 is 1. The molecule has 2 heterocycles. The molecule has 0 saturated carbocycles. The van der Waals surface area contributed by atoms with E-state index >= 15 is 0 Å². The Morgan fingerprint density at radius 3 is 2.55 bits per heavy atom. The van der Waals surface area contributed by atoms with E-state index in [0.717, 1.165) is 25.4 Å². The van der Waals surface area contributed by atoms with Crippen LogP contribution in [0.1, 0.15) is 5.56 Å². The van der Waals surface area contributed by atoms with E-state index in [1.807, 2.05) is 29.2 Å². The average Bonchev–Trinajstić information content (AvgIpc) is 2.74. The van der Waals surface area contributed by atoms with E-state index < -0.39 is 4.92 Å². The van der Waals surface area contributed by atoms with E-state index in [0.29, 0.717) is 24.3 Å². The van der Waals surface area contributed by atoms with Crippen molar-refractivity contribution in [2.75, 3.05) is 38.2 Å². The first-order valence-electron chi connectivity index (χ1n) is 9.31. The predicted molar refractivity (Wildman–Crippen MR) is 110 cm³/mol. The van der Waals surface area contributed by atoms with Crippen molar-refractivity contribution in [1.29, 1.82) is 0 Å². The SMILES string of the molecule is COc1ccc(CN2CCN(c3cc4nc[nH]c(=O)c4cc3[N+](=O)[O-])CC2)cc1. The molecule has 1 aliphatic heterocycles. The molecule has 3 aromatic rings. The highest BCUT2D eigenvalue weighted by atomic mass is 16.6. The first-order valence-corrected chi connectivity index (χ1v) is 9.31. The van der Waals surface area contributed by atoms with Crippen molar-refractivity contribution in [2.24, 2.45) is 0 Å². The summed E-state index contributed by atoms with van der Waals surface area (Å²) in [6.45, 7) is 3.69. The Labute approximate surface area is 166 Å². The van der Waals surface area contributed by atoms with Crippen LogP contribution in [0.25, 0.3) is 10.9 Å². The van der Waals surface area contributed by atoms with Gasteiger partial charge in [0, 0.05) is 38.8 Å². The van der Waals surface area contributed by atoms with Crippen LogP contribution in [0.4, 0.5) is 11.4 Å². The number of H-pyrrole nitrogens is 1. The highest BCUT2D eigenvalue weighted by molar-refractivity contribution is 5.87. The van der Waals surface area contributed by atoms with Gasteiger partial charge in [0.05, 0.1) is 29.3 Å². The van der Waals surface area contributed by atoms with E-state index in [-0.39, 0.29) is 16.6 Å². The van der Waals surface area contributed by atoms with Crippen molar-refractivity contribution in [3.8, 4) is 5.75 Å². The molecule has 0 radical (unpaired) electrons. The zero-order valence-corrected chi connectivity index (χ0v) is 16.0. The number of fused-ring (bicyclic) bond motifs is 1. The Balaban J connectivity index is 1.51. The normalized spacial score (nSPS) is 14.9. The molecule has 1 aromatic heterocycles. The molecule has 0 bridgehead atoms. The Kier molecular flexibility index (Phi) is 5.13. The van der Waals surface area contributed by atoms with Gasteiger partial charge in [-0.3, -0.25) is 19.8 Å². The Hall–Kier alpha value is -3.46. The second-order valence-electron chi connectivity index (χ2n) is 6.96. The van der Waals surface area contributed by atoms with Crippen LogP contribution in [0, 0.1) is 10.1 Å². The number of nitrogens with zero attached hydrogens (tertiary/aromatic N) is 4. The molecule has 0 amide bonds. The number of piperazine rings is 1. The topological polar surface area (TPSA) is 105 Å². The zero-order chi connectivity index (χ0) is 20.4. The lowest BCUT2D eigenvalue weighted by Crippen LogP contribution is -2.46. The number of nitro groups is 1. The van der Waals surface area contributed by atoms with Crippen LogP contribution in [0.3, 0.4) is 0 Å². The van der Waals surface area contributed by atoms with Gasteiger partial charge in [0.15, 0.2) is 0 Å². The Morgan fingerprint density at radius 1 is 1.17 bits per heavy atom. The highest BCUT2D eigenvalue weighted by Crippen LogP contribution is 2.32. The molecular weight excluding hydrogens is 374 g/mol. The van der Waals surface area contributed by atoms with Crippen LogP contribution >= 0.6 is 0 Å². The third kappa shape index (κ3) is 3.90. The molecule has 4 rings (SSSR count). The molecule has 29 heavy (non-hydrogen) atoms. The Bertz CT molecular complexity index is 1090. The van der Waals surface area contributed by atoms with Crippen molar-refractivity contribution in [2.45, 2.75) is 6.54 Å². The van der Waals surface area contributed by atoms with Gasteiger partial charge in [-0.2, -0.15) is 0 Å². The smallest absolute Gasteiger partial charge is 0.293 e. The van der Waals surface area contributed by atoms with Crippen molar-refractivity contribution < 1.29 is 9.66 Å². The van der Waals surface area contributed by atoms with Crippen LogP contribution in [-0.2, 0) is 6.54 Å². The molecule has 9 heteroatoms. The molecule has 2 aromatic carbocycles. The Morgan fingerprint density at radius 2 is 1.90 bits per heavy atom. The number of aromatic nitrogens is 2. The van der Waals surface area contributed by atoms with Gasteiger partial charge in [-0.15, -0.1) is 0 Å². The molecule has 0 atom stereocenters. The minimum atomic E-state index is -0.440. The van der Waals surface area contributed by atoms with Gasteiger partial charge in [0.1, 0.15) is 11.4 Å². The standard InChI is InChI=1S/C20H21N5O4/c1-29-15-4-2-14(3-5-15)12-23-6-8-24(9-7-23)18-11-17-16(10-19(18)25(27)28)20(26)22-13-21-17/h2-5,10-11,13H,6-9,12H2,1H3,(H,21,22,26). The van der Waals surface area contributed by atoms with E-state index in [1.165, 1.54) is 18.0 Å². The van der Waals surface area contributed by atoms with Crippen LogP contribution in [0.5, 0.6) is 5.75 Å². The maximum Gasteiger partial charge on any atom is 0.293 e. The van der Waals surface area contributed by atoms with Crippen molar-refractivity contribution in [1.82, 2.24) is 14.9 Å². The summed E-state index contributed by atoms with van der Waals surface area (Å²) in [4.78, 5) is 34.0. The average molecular weight is 395 g/mol. The summed E-state index contributed by atoms with van der Waals surface area (Å²) in [6.07, 6.45) is 1.31. The second kappa shape index (κ2) is 7.88. The van der Waals surface area contributed by atoms with E-state index in [9.17, 15) is 14.9 Å². The number of rotatable bonds is 5. The van der Waals surface area contributed by atoms with Crippen molar-refractivity contribution in [3.05, 3.63) is 68.8 Å². The predicted octanol–water partition coefficient (Wildman–Crippen LogP) is 2.16. The maximum atomic E-state index is 12.0. The lowest BCUT2D eigenvalue weighted by molar-refractivity contribution is -0.384. The number of benzene rings is 2. The molecule has 150 valence electrons. The first kappa shape index (κ1) is 18.9. The minimum Gasteiger partial charge on any atom is -0.497 e. The molecule has 1 N–H and O–H groups in total. The molecule has 1 fully saturated rings. The van der Waals surface area contributed by atoms with Crippen LogP contribution in [0.2, 0.25) is 0 Å². The van der Waals surface area contributed by atoms with Gasteiger partial charge in [-0.25, -0.2) is 4.98 Å². The van der Waals surface area contributed by atoms with Gasteiger partial charge in [-0.1, -0.05) is 12.1 Å². The number of nitro benzene ring substituents is 1. The molecule has 0 spiro atoms. The summed E-state index contributed by atoms with van der Waals surface area (Å²) in [7, 11) is 1.64. The fourth-order valence-electron chi connectivity index (χ4n) is 3.63. The summed E-state index contributed by atoms with van der Waals surface area (Å²) in [5.41, 5.74) is 1.70. The third-order valence-electron chi connectivity index (χ3n) is 5.21. The van der Waals surface area contributed by atoms with Gasteiger partial charge >= 0.3 is 0 Å². The van der Waals surface area contributed by atoms with Crippen LogP contribution in [-0.4, -0.2) is 53.1 Å².